The van der Waals surface area contributed by atoms with Crippen LogP contribution in [0.5, 0.6) is 0 Å². The molecule has 182 valence electrons. The summed E-state index contributed by atoms with van der Waals surface area (Å²) < 4.78 is 43.8. The lowest BCUT2D eigenvalue weighted by Gasteiger charge is -2.44. The van der Waals surface area contributed by atoms with Crippen LogP contribution in [0.4, 0.5) is 0 Å². The largest absolute Gasteiger partial charge is 0.463 e. The van der Waals surface area contributed by atoms with Gasteiger partial charge in [-0.25, -0.2) is 0 Å². The molecule has 2 aliphatic rings. The minimum Gasteiger partial charge on any atom is -0.463 e. The van der Waals surface area contributed by atoms with Gasteiger partial charge in [0.1, 0.15) is 18.8 Å². The Morgan fingerprint density at radius 2 is 1.38 bits per heavy atom. The first kappa shape index (κ1) is 26.0. The predicted molar refractivity (Wildman–Crippen MR) is 103 cm³/mol. The zero-order valence-electron chi connectivity index (χ0n) is 19.0. The number of hydrogen-bond donors (Lipinski definition) is 0. The van der Waals surface area contributed by atoms with Gasteiger partial charge in [0, 0.05) is 27.7 Å². The molecule has 0 amide bonds. The van der Waals surface area contributed by atoms with E-state index in [0.717, 1.165) is 20.8 Å². The van der Waals surface area contributed by atoms with Crippen molar-refractivity contribution in [3.63, 3.8) is 0 Å². The van der Waals surface area contributed by atoms with Gasteiger partial charge < -0.3 is 37.9 Å². The quantitative estimate of drug-likeness (QED) is 0.360. The average Bonchev–Trinajstić information content (AvgIpc) is 3.00. The minimum absolute atomic E-state index is 0.00281. The van der Waals surface area contributed by atoms with E-state index in [1.165, 1.54) is 6.92 Å². The first-order valence-electron chi connectivity index (χ1n) is 10.1. The van der Waals surface area contributed by atoms with E-state index in [-0.39, 0.29) is 19.8 Å². The molecule has 2 saturated heterocycles. The lowest BCUT2D eigenvalue weighted by Crippen LogP contribution is -2.63. The van der Waals surface area contributed by atoms with Gasteiger partial charge in [0.15, 0.2) is 30.4 Å². The highest BCUT2D eigenvalue weighted by atomic mass is 16.8. The highest BCUT2D eigenvalue weighted by molar-refractivity contribution is 5.68. The molecule has 0 spiro atoms. The zero-order valence-corrected chi connectivity index (χ0v) is 19.0. The molecule has 0 bridgehead atoms. The molecule has 12 nitrogen and oxygen atoms in total. The summed E-state index contributed by atoms with van der Waals surface area (Å²) in [5.74, 6) is -3.51. The third-order valence-corrected chi connectivity index (χ3v) is 4.46. The van der Waals surface area contributed by atoms with Crippen molar-refractivity contribution in [1.82, 2.24) is 0 Å². The lowest BCUT2D eigenvalue weighted by molar-refractivity contribution is -0.311. The first-order valence-corrected chi connectivity index (χ1v) is 10.1. The Morgan fingerprint density at radius 3 is 1.88 bits per heavy atom. The normalized spacial score (nSPS) is 31.4. The van der Waals surface area contributed by atoms with Crippen molar-refractivity contribution in [2.75, 3.05) is 19.8 Å². The summed E-state index contributed by atoms with van der Waals surface area (Å²) >= 11 is 0. The van der Waals surface area contributed by atoms with Gasteiger partial charge in [-0.2, -0.15) is 0 Å². The highest BCUT2D eigenvalue weighted by Crippen LogP contribution is 2.31. The SMILES string of the molecule is CC(=O)OC[C@H]1O[C@@H](OCC2COC(C)(C)O2)[C@H](OC(C)=O)[C@@H](OC(C)=O)[C@@H]1OC(C)=O. The van der Waals surface area contributed by atoms with Crippen molar-refractivity contribution in [3.8, 4) is 0 Å². The smallest absolute Gasteiger partial charge is 0.303 e. The van der Waals surface area contributed by atoms with E-state index in [4.69, 9.17) is 37.9 Å². The second-order valence-electron chi connectivity index (χ2n) is 7.85. The molecule has 32 heavy (non-hydrogen) atoms. The Bertz CT molecular complexity index is 705. The van der Waals surface area contributed by atoms with Crippen LogP contribution in [0.25, 0.3) is 0 Å². The number of hydrogen-bond acceptors (Lipinski definition) is 12. The van der Waals surface area contributed by atoms with Crippen LogP contribution >= 0.6 is 0 Å². The Morgan fingerprint density at radius 1 is 0.812 bits per heavy atom. The molecule has 0 aliphatic carbocycles. The molecule has 0 aromatic carbocycles. The average molecular weight is 462 g/mol. The van der Waals surface area contributed by atoms with Crippen LogP contribution < -0.4 is 0 Å². The Hall–Kier alpha value is -2.28. The second kappa shape index (κ2) is 11.0. The molecule has 2 aliphatic heterocycles. The third kappa shape index (κ3) is 7.69. The fourth-order valence-electron chi connectivity index (χ4n) is 3.37. The summed E-state index contributed by atoms with van der Waals surface area (Å²) in [6.45, 7) is 8.09. The molecule has 2 rings (SSSR count). The molecule has 0 N–H and O–H groups in total. The maximum atomic E-state index is 11.8. The summed E-state index contributed by atoms with van der Waals surface area (Å²) in [4.78, 5) is 46.6. The van der Waals surface area contributed by atoms with Crippen molar-refractivity contribution < 1.29 is 57.1 Å². The molecule has 0 aromatic rings. The maximum absolute atomic E-state index is 11.8. The van der Waals surface area contributed by atoms with Gasteiger partial charge in [-0.3, -0.25) is 19.2 Å². The standard InChI is InChI=1S/C20H30O12/c1-10(21)25-9-15-16(28-11(2)22)17(29-12(3)23)18(30-13(4)24)19(31-15)26-7-14-8-27-20(5,6)32-14/h14-19H,7-9H2,1-6H3/t14?,15-,16-,17+,18-,19-/m1/s1. The Labute approximate surface area is 185 Å². The molecule has 0 radical (unpaired) electrons. The van der Waals surface area contributed by atoms with Crippen LogP contribution in [-0.2, 0) is 57.1 Å². The van der Waals surface area contributed by atoms with E-state index in [1.807, 2.05) is 0 Å². The fourth-order valence-corrected chi connectivity index (χ4v) is 3.37. The first-order chi connectivity index (χ1) is 14.9. The molecule has 2 fully saturated rings. The van der Waals surface area contributed by atoms with Crippen molar-refractivity contribution in [2.45, 2.75) is 84.1 Å². The summed E-state index contributed by atoms with van der Waals surface area (Å²) in [5, 5.41) is 0. The van der Waals surface area contributed by atoms with Gasteiger partial charge in [0.25, 0.3) is 0 Å². The van der Waals surface area contributed by atoms with E-state index in [2.05, 4.69) is 0 Å². The molecule has 1 unspecified atom stereocenters. The Kier molecular flexibility index (Phi) is 8.96. The summed E-state index contributed by atoms with van der Waals surface area (Å²) in [7, 11) is 0. The van der Waals surface area contributed by atoms with Gasteiger partial charge >= 0.3 is 23.9 Å². The van der Waals surface area contributed by atoms with E-state index in [0.29, 0.717) is 0 Å². The number of ether oxygens (including phenoxy) is 8. The van der Waals surface area contributed by atoms with Gasteiger partial charge in [0.2, 0.25) is 0 Å². The van der Waals surface area contributed by atoms with Crippen molar-refractivity contribution in [1.29, 1.82) is 0 Å². The van der Waals surface area contributed by atoms with Crippen LogP contribution in [0.2, 0.25) is 0 Å². The maximum Gasteiger partial charge on any atom is 0.303 e. The minimum atomic E-state index is -1.28. The zero-order chi connectivity index (χ0) is 24.1. The van der Waals surface area contributed by atoms with Crippen LogP contribution in [0.15, 0.2) is 0 Å². The lowest BCUT2D eigenvalue weighted by atomic mass is 9.98. The summed E-state index contributed by atoms with van der Waals surface area (Å²) in [6.07, 6.45) is -6.53. The topological polar surface area (TPSA) is 142 Å². The van der Waals surface area contributed by atoms with Crippen molar-refractivity contribution >= 4 is 23.9 Å². The van der Waals surface area contributed by atoms with E-state index in [1.54, 1.807) is 13.8 Å². The van der Waals surface area contributed by atoms with Crippen molar-refractivity contribution in [2.24, 2.45) is 0 Å². The van der Waals surface area contributed by atoms with Gasteiger partial charge in [-0.15, -0.1) is 0 Å². The third-order valence-electron chi connectivity index (χ3n) is 4.46. The van der Waals surface area contributed by atoms with Crippen LogP contribution in [0, 0.1) is 0 Å². The molecular formula is C20H30O12. The van der Waals surface area contributed by atoms with Gasteiger partial charge in [0.05, 0.1) is 13.2 Å². The van der Waals surface area contributed by atoms with Crippen molar-refractivity contribution in [3.05, 3.63) is 0 Å². The van der Waals surface area contributed by atoms with Crippen LogP contribution in [0.1, 0.15) is 41.5 Å². The van der Waals surface area contributed by atoms with E-state index < -0.39 is 66.5 Å². The van der Waals surface area contributed by atoms with Crippen LogP contribution in [0.3, 0.4) is 0 Å². The monoisotopic (exact) mass is 462 g/mol. The molecular weight excluding hydrogens is 432 g/mol. The molecule has 0 aromatic heterocycles. The fraction of sp³-hybridized carbons (Fsp3) is 0.800. The number of rotatable bonds is 8. The molecule has 0 saturated carbocycles. The number of carbonyl (C=O) groups excluding carboxylic acids is 4. The Balaban J connectivity index is 2.28. The molecule has 6 atom stereocenters. The van der Waals surface area contributed by atoms with E-state index in [9.17, 15) is 19.2 Å². The number of esters is 4. The summed E-state index contributed by atoms with van der Waals surface area (Å²) in [5.41, 5.74) is 0. The molecule has 2 heterocycles. The van der Waals surface area contributed by atoms with Gasteiger partial charge in [-0.1, -0.05) is 0 Å². The van der Waals surface area contributed by atoms with E-state index >= 15 is 0 Å². The second-order valence-corrected chi connectivity index (χ2v) is 7.85. The number of carbonyl (C=O) groups is 4. The highest BCUT2D eigenvalue weighted by Gasteiger charge is 2.53. The summed E-state index contributed by atoms with van der Waals surface area (Å²) in [6, 6.07) is 0. The van der Waals surface area contributed by atoms with Gasteiger partial charge in [-0.05, 0) is 13.8 Å². The predicted octanol–water partition coefficient (Wildman–Crippen LogP) is 0.238. The van der Waals surface area contributed by atoms with Crippen LogP contribution in [-0.4, -0.2) is 86.3 Å². The molecule has 12 heteroatoms.